The van der Waals surface area contributed by atoms with Gasteiger partial charge in [-0.3, -0.25) is 4.79 Å². The van der Waals surface area contributed by atoms with E-state index in [0.717, 1.165) is 12.1 Å². The van der Waals surface area contributed by atoms with Gasteiger partial charge in [-0.1, -0.05) is 18.2 Å². The Kier molecular flexibility index (Phi) is 2.94. The van der Waals surface area contributed by atoms with Crippen molar-refractivity contribution in [3.8, 4) is 11.5 Å². The Bertz CT molecular complexity index is 542. The Morgan fingerprint density at radius 1 is 1.17 bits per heavy atom. The lowest BCUT2D eigenvalue weighted by atomic mass is 9.86. The van der Waals surface area contributed by atoms with Crippen LogP contribution in [0.2, 0.25) is 0 Å². The molecule has 0 aromatic heterocycles. The van der Waals surface area contributed by atoms with E-state index < -0.39 is 23.2 Å². The summed E-state index contributed by atoms with van der Waals surface area (Å²) in [6.45, 7) is 0. The van der Waals surface area contributed by atoms with Gasteiger partial charge in [-0.15, -0.1) is 0 Å². The third-order valence-electron chi connectivity index (χ3n) is 2.74. The summed E-state index contributed by atoms with van der Waals surface area (Å²) in [6.07, 6.45) is 5.37. The van der Waals surface area contributed by atoms with Gasteiger partial charge in [0.1, 0.15) is 11.5 Å². The normalized spacial score (nSPS) is 20.9. The van der Waals surface area contributed by atoms with E-state index in [2.05, 4.69) is 0 Å². The molecule has 0 saturated carbocycles. The predicted octanol–water partition coefficient (Wildman–Crippen LogP) is 0.704. The van der Waals surface area contributed by atoms with Gasteiger partial charge in [0.05, 0.1) is 11.5 Å². The third kappa shape index (κ3) is 2.13. The van der Waals surface area contributed by atoms with Crippen LogP contribution in [-0.2, 0) is 0 Å². The largest absolute Gasteiger partial charge is 0.508 e. The van der Waals surface area contributed by atoms with Crippen LogP contribution in [0.1, 0.15) is 10.4 Å². The van der Waals surface area contributed by atoms with Crippen LogP contribution in [-0.4, -0.2) is 32.0 Å². The van der Waals surface area contributed by atoms with Gasteiger partial charge < -0.3 is 20.4 Å². The number of hydrogen-bond acceptors (Lipinski definition) is 5. The van der Waals surface area contributed by atoms with Crippen molar-refractivity contribution in [3.63, 3.8) is 0 Å². The van der Waals surface area contributed by atoms with Gasteiger partial charge in [0, 0.05) is 6.07 Å². The fourth-order valence-corrected chi connectivity index (χ4v) is 1.79. The van der Waals surface area contributed by atoms with E-state index in [1.807, 2.05) is 0 Å². The summed E-state index contributed by atoms with van der Waals surface area (Å²) in [6, 6.07) is 3.49. The van der Waals surface area contributed by atoms with E-state index in [0.29, 0.717) is 0 Å². The maximum absolute atomic E-state index is 12.1. The van der Waals surface area contributed by atoms with Crippen LogP contribution in [0, 0.1) is 5.92 Å². The monoisotopic (exact) mass is 248 g/mol. The lowest BCUT2D eigenvalue weighted by Crippen LogP contribution is -2.40. The maximum atomic E-state index is 12.1. The molecule has 1 unspecified atom stereocenters. The highest BCUT2D eigenvalue weighted by Crippen LogP contribution is 2.30. The van der Waals surface area contributed by atoms with E-state index in [-0.39, 0.29) is 11.3 Å². The number of aromatic hydroxyl groups is 2. The quantitative estimate of drug-likeness (QED) is 0.456. The van der Waals surface area contributed by atoms with E-state index in [1.165, 1.54) is 30.4 Å². The number of Topliss-reactive ketones (excluding diaryl/α,β-unsaturated/α-hetero) is 1. The van der Waals surface area contributed by atoms with Gasteiger partial charge in [-0.25, -0.2) is 0 Å². The van der Waals surface area contributed by atoms with Crippen molar-refractivity contribution < 1.29 is 25.2 Å². The van der Waals surface area contributed by atoms with Crippen molar-refractivity contribution in [2.75, 3.05) is 0 Å². The summed E-state index contributed by atoms with van der Waals surface area (Å²) in [7, 11) is 0. The second-order valence-electron chi connectivity index (χ2n) is 4.07. The van der Waals surface area contributed by atoms with E-state index >= 15 is 0 Å². The summed E-state index contributed by atoms with van der Waals surface area (Å²) in [4.78, 5) is 12.1. The molecule has 0 spiro atoms. The van der Waals surface area contributed by atoms with Crippen LogP contribution in [0.5, 0.6) is 11.5 Å². The number of carbonyl (C=O) groups is 1. The highest BCUT2D eigenvalue weighted by molar-refractivity contribution is 6.02. The molecular formula is C13H12O5. The van der Waals surface area contributed by atoms with Gasteiger partial charge in [-0.2, -0.15) is 0 Å². The molecule has 0 amide bonds. The molecule has 0 aliphatic heterocycles. The first kappa shape index (κ1) is 12.3. The second-order valence-corrected chi connectivity index (χ2v) is 4.07. The first-order valence-corrected chi connectivity index (χ1v) is 5.29. The Hall–Kier alpha value is -2.11. The smallest absolute Gasteiger partial charge is 0.196 e. The number of rotatable bonds is 2. The molecule has 1 aliphatic rings. The summed E-state index contributed by atoms with van der Waals surface area (Å²) >= 11 is 0. The van der Waals surface area contributed by atoms with Crippen LogP contribution in [0.3, 0.4) is 0 Å². The number of hydrogen-bond donors (Lipinski definition) is 4. The molecule has 0 fully saturated rings. The summed E-state index contributed by atoms with van der Waals surface area (Å²) in [5.41, 5.74) is -0.0785. The summed E-state index contributed by atoms with van der Waals surface area (Å²) in [5, 5.41) is 38.1. The highest BCUT2D eigenvalue weighted by Gasteiger charge is 2.38. The minimum atomic E-state index is -2.28. The molecule has 94 valence electrons. The van der Waals surface area contributed by atoms with Crippen LogP contribution < -0.4 is 0 Å². The molecule has 18 heavy (non-hydrogen) atoms. The molecule has 0 saturated heterocycles. The fraction of sp³-hybridized carbons (Fsp3) is 0.154. The van der Waals surface area contributed by atoms with E-state index in [4.69, 9.17) is 5.11 Å². The number of carbonyl (C=O) groups excluding carboxylic acids is 1. The Balaban J connectivity index is 2.37. The zero-order valence-electron chi connectivity index (χ0n) is 9.32. The van der Waals surface area contributed by atoms with Crippen LogP contribution in [0.25, 0.3) is 0 Å². The number of benzene rings is 1. The van der Waals surface area contributed by atoms with Crippen molar-refractivity contribution in [1.29, 1.82) is 0 Å². The number of aliphatic hydroxyl groups is 2. The molecule has 1 atom stereocenters. The molecule has 0 bridgehead atoms. The lowest BCUT2D eigenvalue weighted by molar-refractivity contribution is -0.136. The number of ketones is 1. The summed E-state index contributed by atoms with van der Waals surface area (Å²) < 4.78 is 0. The molecule has 0 heterocycles. The number of phenolic OH excluding ortho intramolecular Hbond substituents is 2. The predicted molar refractivity (Wildman–Crippen MR) is 63.0 cm³/mol. The third-order valence-corrected chi connectivity index (χ3v) is 2.74. The molecule has 1 aromatic rings. The number of allylic oxidation sites excluding steroid dienone is 2. The maximum Gasteiger partial charge on any atom is 0.196 e. The van der Waals surface area contributed by atoms with Gasteiger partial charge in [-0.05, 0) is 18.2 Å². The second kappa shape index (κ2) is 4.29. The Morgan fingerprint density at radius 3 is 2.50 bits per heavy atom. The first-order chi connectivity index (χ1) is 8.42. The zero-order chi connectivity index (χ0) is 13.3. The number of phenols is 2. The van der Waals surface area contributed by atoms with Crippen LogP contribution >= 0.6 is 0 Å². The van der Waals surface area contributed by atoms with Gasteiger partial charge >= 0.3 is 0 Å². The average Bonchev–Trinajstić information content (AvgIpc) is 2.27. The molecule has 1 aliphatic carbocycles. The van der Waals surface area contributed by atoms with Crippen molar-refractivity contribution in [2.45, 2.75) is 5.79 Å². The lowest BCUT2D eigenvalue weighted by Gasteiger charge is -2.27. The Labute approximate surface area is 103 Å². The zero-order valence-corrected chi connectivity index (χ0v) is 9.32. The molecule has 0 radical (unpaired) electrons. The van der Waals surface area contributed by atoms with Crippen LogP contribution in [0.15, 0.2) is 42.5 Å². The van der Waals surface area contributed by atoms with E-state index in [1.54, 1.807) is 0 Å². The molecule has 5 nitrogen and oxygen atoms in total. The molecule has 5 heteroatoms. The summed E-state index contributed by atoms with van der Waals surface area (Å²) in [5.74, 6) is -4.70. The van der Waals surface area contributed by atoms with Crippen molar-refractivity contribution in [1.82, 2.24) is 0 Å². The van der Waals surface area contributed by atoms with Crippen molar-refractivity contribution in [3.05, 3.63) is 48.1 Å². The van der Waals surface area contributed by atoms with Crippen molar-refractivity contribution >= 4 is 5.78 Å². The topological polar surface area (TPSA) is 98.0 Å². The van der Waals surface area contributed by atoms with Gasteiger partial charge in [0.15, 0.2) is 11.6 Å². The van der Waals surface area contributed by atoms with E-state index in [9.17, 15) is 20.1 Å². The molecular weight excluding hydrogens is 236 g/mol. The average molecular weight is 248 g/mol. The standard InChI is InChI=1S/C13H12O5/c14-8-4-5-9(11(15)7-8)12(16)10-3-1-2-6-13(10,17)18/h1-7,10,14-15,17-18H. The van der Waals surface area contributed by atoms with Gasteiger partial charge in [0.2, 0.25) is 0 Å². The SMILES string of the molecule is O=C(c1ccc(O)cc1O)C1C=CC=CC1(O)O. The van der Waals surface area contributed by atoms with Gasteiger partial charge in [0.25, 0.3) is 0 Å². The first-order valence-electron chi connectivity index (χ1n) is 5.29. The Morgan fingerprint density at radius 2 is 1.89 bits per heavy atom. The molecule has 2 rings (SSSR count). The minimum Gasteiger partial charge on any atom is -0.508 e. The van der Waals surface area contributed by atoms with Crippen molar-refractivity contribution in [2.24, 2.45) is 5.92 Å². The molecule has 1 aromatic carbocycles. The highest BCUT2D eigenvalue weighted by atomic mass is 16.5. The fourth-order valence-electron chi connectivity index (χ4n) is 1.79. The molecule has 4 N–H and O–H groups in total. The minimum absolute atomic E-state index is 0.0785. The van der Waals surface area contributed by atoms with Crippen LogP contribution in [0.4, 0.5) is 0 Å².